The second kappa shape index (κ2) is 5.97. The van der Waals surface area contributed by atoms with E-state index < -0.39 is 5.41 Å². The Balaban J connectivity index is 1.57. The van der Waals surface area contributed by atoms with Crippen LogP contribution in [0.1, 0.15) is 28.2 Å². The number of carbonyl (C=O) groups is 1. The highest BCUT2D eigenvalue weighted by Crippen LogP contribution is 2.72. The van der Waals surface area contributed by atoms with Crippen LogP contribution in [0.15, 0.2) is 65.8 Å². The fourth-order valence-corrected chi connectivity index (χ4v) is 9.04. The van der Waals surface area contributed by atoms with Crippen LogP contribution in [0.2, 0.25) is 0 Å². The Hall–Kier alpha value is -4.09. The Kier molecular flexibility index (Phi) is 3.13. The molecule has 2 aliphatic heterocycles. The molecule has 7 aliphatic rings. The first-order chi connectivity index (χ1) is 18.6. The van der Waals surface area contributed by atoms with E-state index in [2.05, 4.69) is 54.6 Å². The topological polar surface area (TPSA) is 54.0 Å². The second-order valence-electron chi connectivity index (χ2n) is 11.2. The fourth-order valence-electron chi connectivity index (χ4n) is 9.04. The fraction of sp³-hybridized carbons (Fsp3) is 0.242. The summed E-state index contributed by atoms with van der Waals surface area (Å²) in [5.74, 6) is 1.88. The maximum absolute atomic E-state index is 14.6. The third-order valence-electron chi connectivity index (χ3n) is 10.1. The predicted molar refractivity (Wildman–Crippen MR) is 144 cm³/mol. The van der Waals surface area contributed by atoms with Crippen LogP contribution in [0.25, 0.3) is 38.1 Å². The van der Waals surface area contributed by atoms with Gasteiger partial charge in [0.25, 0.3) is 0 Å². The van der Waals surface area contributed by atoms with Gasteiger partial charge in [-0.2, -0.15) is 0 Å². The van der Waals surface area contributed by atoms with Crippen molar-refractivity contribution < 1.29 is 23.7 Å². The third-order valence-corrected chi connectivity index (χ3v) is 10.1. The lowest BCUT2D eigenvalue weighted by Crippen LogP contribution is -2.56. The average molecular weight is 499 g/mol. The summed E-state index contributed by atoms with van der Waals surface area (Å²) in [5, 5.41) is 6.77. The zero-order chi connectivity index (χ0) is 25.2. The Morgan fingerprint density at radius 3 is 2.42 bits per heavy atom. The van der Waals surface area contributed by atoms with E-state index in [-0.39, 0.29) is 29.8 Å². The maximum Gasteiger partial charge on any atom is 0.153 e. The van der Waals surface area contributed by atoms with Crippen molar-refractivity contribution in [2.45, 2.75) is 23.5 Å². The van der Waals surface area contributed by atoms with Gasteiger partial charge in [-0.25, -0.2) is 0 Å². The lowest BCUT2D eigenvalue weighted by atomic mass is 9.43. The van der Waals surface area contributed by atoms with Crippen molar-refractivity contribution in [3.8, 4) is 11.5 Å². The molecule has 5 heteroatoms. The smallest absolute Gasteiger partial charge is 0.153 e. The summed E-state index contributed by atoms with van der Waals surface area (Å²) < 4.78 is 24.5. The van der Waals surface area contributed by atoms with Crippen LogP contribution in [0.3, 0.4) is 0 Å². The van der Waals surface area contributed by atoms with Gasteiger partial charge in [-0.1, -0.05) is 30.4 Å². The van der Waals surface area contributed by atoms with Crippen molar-refractivity contribution in [1.82, 2.24) is 0 Å². The second-order valence-corrected chi connectivity index (χ2v) is 11.2. The molecule has 184 valence electrons. The first kappa shape index (κ1) is 19.9. The van der Waals surface area contributed by atoms with E-state index in [9.17, 15) is 4.79 Å². The molecule has 5 aliphatic carbocycles. The van der Waals surface area contributed by atoms with E-state index in [0.717, 1.165) is 50.1 Å². The van der Waals surface area contributed by atoms with Crippen LogP contribution in [0.4, 0.5) is 0 Å². The zero-order valence-corrected chi connectivity index (χ0v) is 21.0. The quantitative estimate of drug-likeness (QED) is 0.268. The van der Waals surface area contributed by atoms with Crippen molar-refractivity contribution in [3.63, 3.8) is 0 Å². The maximum atomic E-state index is 14.6. The van der Waals surface area contributed by atoms with Gasteiger partial charge < -0.3 is 18.9 Å². The predicted octanol–water partition coefficient (Wildman–Crippen LogP) is 5.69. The van der Waals surface area contributed by atoms with Crippen LogP contribution in [-0.2, 0) is 19.7 Å². The zero-order valence-electron chi connectivity index (χ0n) is 21.0. The van der Waals surface area contributed by atoms with E-state index >= 15 is 0 Å². The van der Waals surface area contributed by atoms with Gasteiger partial charge in [-0.3, -0.25) is 4.79 Å². The summed E-state index contributed by atoms with van der Waals surface area (Å²) >= 11 is 0. The molecule has 4 aromatic rings. The molecule has 0 fully saturated rings. The van der Waals surface area contributed by atoms with Gasteiger partial charge in [0.1, 0.15) is 17.3 Å². The number of allylic oxidation sites excluding steroid dienone is 1. The summed E-state index contributed by atoms with van der Waals surface area (Å²) in [4.78, 5) is 14.6. The van der Waals surface area contributed by atoms with Crippen molar-refractivity contribution in [3.05, 3.63) is 88.0 Å². The number of carbonyl (C=O) groups excluding carboxylic acids is 1. The Bertz CT molecular complexity index is 2010. The molecule has 4 aromatic carbocycles. The number of ketones is 1. The minimum Gasteiger partial charge on any atom is -0.496 e. The molecule has 38 heavy (non-hydrogen) atoms. The summed E-state index contributed by atoms with van der Waals surface area (Å²) in [5.41, 5.74) is 6.33. The number of hydrogen-bond acceptors (Lipinski definition) is 5. The van der Waals surface area contributed by atoms with E-state index in [1.165, 1.54) is 32.9 Å². The molecule has 2 unspecified atom stereocenters. The van der Waals surface area contributed by atoms with E-state index in [1.807, 2.05) is 0 Å². The molecular weight excluding hydrogens is 476 g/mol. The molecule has 0 amide bonds. The standard InChI is InChI=1S/C33H22O5/c1-35-21-10-16-22(36-2)11-17-27-28-19-8-9-20(38-19)31(28)33-18(32(27)34)12-23(37-3)15-7-5-13-4-6-14(21)25(24(13)29(15)33)26(16)30(17)33/h4-12,18-20,27H,1-3H3/t18-,19?,20?,27+,33+/m1/s1. The minimum atomic E-state index is -0.641. The molecular formula is C33H22O5. The van der Waals surface area contributed by atoms with Gasteiger partial charge in [-0.15, -0.1) is 0 Å². The summed E-state index contributed by atoms with van der Waals surface area (Å²) in [7, 11) is 5.14. The number of ether oxygens (including phenoxy) is 4. The van der Waals surface area contributed by atoms with Gasteiger partial charge in [0, 0.05) is 21.7 Å². The lowest BCUT2D eigenvalue weighted by Gasteiger charge is -2.57. The Labute approximate surface area is 217 Å². The van der Waals surface area contributed by atoms with Crippen molar-refractivity contribution in [2.75, 3.05) is 21.3 Å². The van der Waals surface area contributed by atoms with E-state index in [4.69, 9.17) is 18.9 Å². The number of rotatable bonds is 3. The molecule has 0 radical (unpaired) electrons. The molecule has 2 heterocycles. The molecule has 0 N–H and O–H groups in total. The lowest BCUT2D eigenvalue weighted by molar-refractivity contribution is -0.124. The van der Waals surface area contributed by atoms with Crippen LogP contribution in [-0.4, -0.2) is 39.3 Å². The normalized spacial score (nSPS) is 30.0. The van der Waals surface area contributed by atoms with Crippen LogP contribution < -0.4 is 9.47 Å². The Morgan fingerprint density at radius 1 is 0.816 bits per heavy atom. The molecule has 5 nitrogen and oxygen atoms in total. The van der Waals surface area contributed by atoms with Gasteiger partial charge >= 0.3 is 0 Å². The first-order valence-corrected chi connectivity index (χ1v) is 13.1. The number of methoxy groups -OCH3 is 3. The molecule has 4 bridgehead atoms. The van der Waals surface area contributed by atoms with E-state index in [0.29, 0.717) is 0 Å². The summed E-state index contributed by atoms with van der Waals surface area (Å²) in [6.07, 6.45) is 6.13. The highest BCUT2D eigenvalue weighted by Gasteiger charge is 2.68. The minimum absolute atomic E-state index is 0.127. The number of fused-ring (bicyclic) bond motifs is 2. The third kappa shape index (κ3) is 1.73. The van der Waals surface area contributed by atoms with Crippen LogP contribution >= 0.6 is 0 Å². The Morgan fingerprint density at radius 2 is 1.61 bits per heavy atom. The molecule has 0 saturated heterocycles. The summed E-state index contributed by atoms with van der Waals surface area (Å²) in [6.45, 7) is 0. The van der Waals surface area contributed by atoms with Gasteiger partial charge in [0.15, 0.2) is 5.78 Å². The van der Waals surface area contributed by atoms with Crippen LogP contribution in [0.5, 0.6) is 11.5 Å². The largest absolute Gasteiger partial charge is 0.496 e. The molecule has 11 rings (SSSR count). The average Bonchev–Trinajstić information content (AvgIpc) is 3.58. The SMILES string of the molecule is COC1=C[C@@H]2C(=O)[C@@H]3C4=C(C5C=CC4O5)[C@]24c2c1ccc1ccc5c(OC)cc6c(OC)cc3c4c6c5c21. The van der Waals surface area contributed by atoms with Crippen LogP contribution in [0, 0.1) is 5.92 Å². The van der Waals surface area contributed by atoms with Crippen molar-refractivity contribution in [2.24, 2.45) is 5.92 Å². The molecule has 5 atom stereocenters. The van der Waals surface area contributed by atoms with E-state index in [1.54, 1.807) is 21.3 Å². The first-order valence-electron chi connectivity index (χ1n) is 13.1. The number of hydrogen-bond donors (Lipinski definition) is 0. The molecule has 0 saturated carbocycles. The van der Waals surface area contributed by atoms with Gasteiger partial charge in [0.2, 0.25) is 0 Å². The van der Waals surface area contributed by atoms with Crippen molar-refractivity contribution >= 4 is 43.9 Å². The monoisotopic (exact) mass is 498 g/mol. The number of benzene rings is 4. The summed E-state index contributed by atoms with van der Waals surface area (Å²) in [6, 6.07) is 12.9. The highest BCUT2D eigenvalue weighted by molar-refractivity contribution is 6.29. The molecule has 1 spiro atoms. The van der Waals surface area contributed by atoms with Gasteiger partial charge in [-0.05, 0) is 68.3 Å². The molecule has 0 aromatic heterocycles. The highest BCUT2D eigenvalue weighted by atomic mass is 16.5. The van der Waals surface area contributed by atoms with Gasteiger partial charge in [0.05, 0.1) is 50.8 Å². The number of Topliss-reactive ketones (excluding diaryl/α,β-unsaturated/α-hetero) is 1. The van der Waals surface area contributed by atoms with Crippen molar-refractivity contribution in [1.29, 1.82) is 0 Å².